The number of aromatic nitrogens is 3. The third-order valence-corrected chi connectivity index (χ3v) is 2.72. The van der Waals surface area contributed by atoms with Crippen molar-refractivity contribution in [2.75, 3.05) is 7.11 Å². The molecule has 4 heteroatoms. The lowest BCUT2D eigenvalue weighted by molar-refractivity contribution is 0.412. The molecule has 0 aliphatic rings. The van der Waals surface area contributed by atoms with Gasteiger partial charge in [0.1, 0.15) is 11.6 Å². The molecule has 90 valence electrons. The van der Waals surface area contributed by atoms with E-state index in [0.29, 0.717) is 11.7 Å². The fourth-order valence-electron chi connectivity index (χ4n) is 1.62. The molecule has 1 aromatic heterocycles. The Labute approximate surface area is 101 Å². The minimum atomic E-state index is 0.351. The summed E-state index contributed by atoms with van der Waals surface area (Å²) in [6.07, 6.45) is 0. The Morgan fingerprint density at radius 2 is 2.06 bits per heavy atom. The van der Waals surface area contributed by atoms with Gasteiger partial charge in [0.05, 0.1) is 7.11 Å². The molecule has 0 amide bonds. The number of rotatable bonds is 3. The van der Waals surface area contributed by atoms with Crippen LogP contribution in [0.5, 0.6) is 5.75 Å². The highest BCUT2D eigenvalue weighted by Crippen LogP contribution is 2.25. The van der Waals surface area contributed by atoms with Gasteiger partial charge < -0.3 is 4.74 Å². The fourth-order valence-corrected chi connectivity index (χ4v) is 1.62. The van der Waals surface area contributed by atoms with Crippen molar-refractivity contribution in [3.63, 3.8) is 0 Å². The number of nitrogens with zero attached hydrogens (tertiary/aromatic N) is 2. The molecule has 0 unspecified atom stereocenters. The molecule has 2 rings (SSSR count). The average molecular weight is 231 g/mol. The van der Waals surface area contributed by atoms with Gasteiger partial charge in [-0.05, 0) is 18.6 Å². The molecular formula is C13H17N3O. The topological polar surface area (TPSA) is 50.8 Å². The molecule has 0 saturated carbocycles. The maximum atomic E-state index is 5.30. The first kappa shape index (κ1) is 11.6. The van der Waals surface area contributed by atoms with E-state index in [0.717, 1.165) is 22.7 Å². The zero-order chi connectivity index (χ0) is 12.4. The van der Waals surface area contributed by atoms with Crippen LogP contribution in [0.4, 0.5) is 0 Å². The van der Waals surface area contributed by atoms with Crippen LogP contribution < -0.4 is 4.74 Å². The van der Waals surface area contributed by atoms with Gasteiger partial charge in [0.15, 0.2) is 5.82 Å². The molecule has 0 fully saturated rings. The number of hydrogen-bond acceptors (Lipinski definition) is 3. The number of hydrogen-bond donors (Lipinski definition) is 1. The molecule has 2 aromatic rings. The van der Waals surface area contributed by atoms with E-state index in [1.807, 2.05) is 25.1 Å². The standard InChI is InChI=1S/C13H17N3O/c1-8(2)12-14-13(16-15-12)10-6-5-9(3)11(7-10)17-4/h5-8H,1-4H3,(H,14,15,16). The highest BCUT2D eigenvalue weighted by Gasteiger charge is 2.10. The highest BCUT2D eigenvalue weighted by atomic mass is 16.5. The number of nitrogens with one attached hydrogen (secondary N) is 1. The van der Waals surface area contributed by atoms with Gasteiger partial charge in [0, 0.05) is 11.5 Å². The van der Waals surface area contributed by atoms with Gasteiger partial charge in [0.25, 0.3) is 0 Å². The third-order valence-electron chi connectivity index (χ3n) is 2.72. The lowest BCUT2D eigenvalue weighted by Gasteiger charge is -2.05. The number of H-pyrrole nitrogens is 1. The van der Waals surface area contributed by atoms with Crippen LogP contribution in [0.3, 0.4) is 0 Å². The van der Waals surface area contributed by atoms with Crippen molar-refractivity contribution in [3.8, 4) is 17.1 Å². The Morgan fingerprint density at radius 3 is 2.65 bits per heavy atom. The molecule has 0 radical (unpaired) electrons. The molecule has 17 heavy (non-hydrogen) atoms. The second-order valence-electron chi connectivity index (χ2n) is 4.38. The first-order valence-corrected chi connectivity index (χ1v) is 5.69. The zero-order valence-corrected chi connectivity index (χ0v) is 10.6. The Hall–Kier alpha value is -1.84. The summed E-state index contributed by atoms with van der Waals surface area (Å²) in [5, 5.41) is 7.17. The molecule has 0 saturated heterocycles. The Balaban J connectivity index is 2.38. The van der Waals surface area contributed by atoms with Crippen molar-refractivity contribution in [2.45, 2.75) is 26.7 Å². The van der Waals surface area contributed by atoms with Crippen LogP contribution in [0.2, 0.25) is 0 Å². The minimum Gasteiger partial charge on any atom is -0.496 e. The fraction of sp³-hybridized carbons (Fsp3) is 0.385. The third kappa shape index (κ3) is 2.30. The summed E-state index contributed by atoms with van der Waals surface area (Å²) in [5.41, 5.74) is 2.08. The van der Waals surface area contributed by atoms with Crippen molar-refractivity contribution in [1.29, 1.82) is 0 Å². The monoisotopic (exact) mass is 231 g/mol. The van der Waals surface area contributed by atoms with E-state index in [2.05, 4.69) is 29.0 Å². The van der Waals surface area contributed by atoms with Crippen molar-refractivity contribution in [2.24, 2.45) is 0 Å². The molecule has 1 N–H and O–H groups in total. The summed E-state index contributed by atoms with van der Waals surface area (Å²) < 4.78 is 5.30. The summed E-state index contributed by atoms with van der Waals surface area (Å²) in [7, 11) is 1.67. The lowest BCUT2D eigenvalue weighted by atomic mass is 10.1. The van der Waals surface area contributed by atoms with Gasteiger partial charge in [-0.1, -0.05) is 26.0 Å². The van der Waals surface area contributed by atoms with Gasteiger partial charge in [-0.15, -0.1) is 0 Å². The second kappa shape index (κ2) is 4.57. The molecule has 4 nitrogen and oxygen atoms in total. The predicted molar refractivity (Wildman–Crippen MR) is 67.2 cm³/mol. The molecule has 1 aromatic carbocycles. The van der Waals surface area contributed by atoms with E-state index in [4.69, 9.17) is 4.74 Å². The van der Waals surface area contributed by atoms with E-state index in [1.54, 1.807) is 7.11 Å². The van der Waals surface area contributed by atoms with Crippen LogP contribution in [0.1, 0.15) is 31.2 Å². The highest BCUT2D eigenvalue weighted by molar-refractivity contribution is 5.58. The SMILES string of the molecule is COc1cc(-c2n[nH]c(C(C)C)n2)ccc1C. The average Bonchev–Trinajstić information content (AvgIpc) is 2.79. The summed E-state index contributed by atoms with van der Waals surface area (Å²) in [5.74, 6) is 2.83. The molecule has 0 aliphatic carbocycles. The van der Waals surface area contributed by atoms with Gasteiger partial charge in [-0.2, -0.15) is 5.10 Å². The smallest absolute Gasteiger partial charge is 0.181 e. The predicted octanol–water partition coefficient (Wildman–Crippen LogP) is 2.91. The van der Waals surface area contributed by atoms with E-state index in [9.17, 15) is 0 Å². The first-order chi connectivity index (χ1) is 8.11. The number of methoxy groups -OCH3 is 1. The van der Waals surface area contributed by atoms with Crippen molar-refractivity contribution in [1.82, 2.24) is 15.2 Å². The van der Waals surface area contributed by atoms with E-state index >= 15 is 0 Å². The summed E-state index contributed by atoms with van der Waals surface area (Å²) >= 11 is 0. The van der Waals surface area contributed by atoms with E-state index in [-0.39, 0.29) is 0 Å². The van der Waals surface area contributed by atoms with E-state index < -0.39 is 0 Å². The van der Waals surface area contributed by atoms with Gasteiger partial charge in [0.2, 0.25) is 0 Å². The van der Waals surface area contributed by atoms with Crippen LogP contribution >= 0.6 is 0 Å². The Morgan fingerprint density at radius 1 is 1.29 bits per heavy atom. The van der Waals surface area contributed by atoms with Crippen LogP contribution in [0.25, 0.3) is 11.4 Å². The molecular weight excluding hydrogens is 214 g/mol. The van der Waals surface area contributed by atoms with Crippen LogP contribution in [0, 0.1) is 6.92 Å². The van der Waals surface area contributed by atoms with Crippen LogP contribution in [-0.2, 0) is 0 Å². The van der Waals surface area contributed by atoms with Crippen molar-refractivity contribution in [3.05, 3.63) is 29.6 Å². The quantitative estimate of drug-likeness (QED) is 0.883. The Bertz CT molecular complexity index is 517. The second-order valence-corrected chi connectivity index (χ2v) is 4.38. The number of benzene rings is 1. The molecule has 1 heterocycles. The maximum Gasteiger partial charge on any atom is 0.181 e. The van der Waals surface area contributed by atoms with Gasteiger partial charge >= 0.3 is 0 Å². The summed E-state index contributed by atoms with van der Waals surface area (Å²) in [6.45, 7) is 6.18. The summed E-state index contributed by atoms with van der Waals surface area (Å²) in [4.78, 5) is 4.46. The molecule has 0 atom stereocenters. The molecule has 0 bridgehead atoms. The van der Waals surface area contributed by atoms with Crippen molar-refractivity contribution < 1.29 is 4.74 Å². The van der Waals surface area contributed by atoms with Crippen LogP contribution in [-0.4, -0.2) is 22.3 Å². The largest absolute Gasteiger partial charge is 0.496 e. The normalized spacial score (nSPS) is 10.9. The first-order valence-electron chi connectivity index (χ1n) is 5.69. The maximum absolute atomic E-state index is 5.30. The Kier molecular flexibility index (Phi) is 3.13. The van der Waals surface area contributed by atoms with Crippen molar-refractivity contribution >= 4 is 0 Å². The number of ether oxygens (including phenoxy) is 1. The van der Waals surface area contributed by atoms with Gasteiger partial charge in [-0.25, -0.2) is 4.98 Å². The van der Waals surface area contributed by atoms with Gasteiger partial charge in [-0.3, -0.25) is 5.10 Å². The number of aryl methyl sites for hydroxylation is 1. The number of aromatic amines is 1. The molecule has 0 spiro atoms. The van der Waals surface area contributed by atoms with E-state index in [1.165, 1.54) is 0 Å². The lowest BCUT2D eigenvalue weighted by Crippen LogP contribution is -1.90. The molecule has 0 aliphatic heterocycles. The summed E-state index contributed by atoms with van der Waals surface area (Å²) in [6, 6.07) is 5.98. The minimum absolute atomic E-state index is 0.351. The van der Waals surface area contributed by atoms with Crippen LogP contribution in [0.15, 0.2) is 18.2 Å². The zero-order valence-electron chi connectivity index (χ0n) is 10.6.